The van der Waals surface area contributed by atoms with E-state index in [1.54, 1.807) is 24.3 Å². The molecule has 1 aromatic rings. The number of nitrogens with one attached hydrogen (secondary N) is 1. The van der Waals surface area contributed by atoms with Gasteiger partial charge in [-0.25, -0.2) is 13.1 Å². The first-order valence-corrected chi connectivity index (χ1v) is 7.86. The van der Waals surface area contributed by atoms with E-state index in [0.29, 0.717) is 12.3 Å². The summed E-state index contributed by atoms with van der Waals surface area (Å²) in [6.45, 7) is 5.90. The number of aldehydes is 1. The van der Waals surface area contributed by atoms with Crippen LogP contribution in [0.3, 0.4) is 0 Å². The van der Waals surface area contributed by atoms with Crippen LogP contribution in [0.2, 0.25) is 0 Å². The molecule has 0 unspecified atom stereocenters. The van der Waals surface area contributed by atoms with E-state index in [4.69, 9.17) is 0 Å². The lowest BCUT2D eigenvalue weighted by Gasteiger charge is -2.18. The molecule has 0 radical (unpaired) electrons. The molecule has 0 bridgehead atoms. The van der Waals surface area contributed by atoms with Crippen LogP contribution in [0.25, 0.3) is 0 Å². The lowest BCUT2D eigenvalue weighted by molar-refractivity contribution is -0.108. The Balaban J connectivity index is 2.87. The van der Waals surface area contributed by atoms with Crippen molar-refractivity contribution in [3.05, 3.63) is 29.8 Å². The average Bonchev–Trinajstić information content (AvgIpc) is 2.28. The van der Waals surface area contributed by atoms with Crippen LogP contribution in [-0.4, -0.2) is 20.7 Å². The number of sulfonamides is 1. The van der Waals surface area contributed by atoms with Gasteiger partial charge in [0.25, 0.3) is 0 Å². The highest BCUT2D eigenvalue weighted by molar-refractivity contribution is 7.89. The average molecular weight is 283 g/mol. The molecule has 0 heterocycles. The smallest absolute Gasteiger partial charge is 0.240 e. The topological polar surface area (TPSA) is 63.2 Å². The van der Waals surface area contributed by atoms with E-state index in [-0.39, 0.29) is 17.4 Å². The van der Waals surface area contributed by atoms with Gasteiger partial charge >= 0.3 is 0 Å². The second-order valence-electron chi connectivity index (χ2n) is 5.16. The Morgan fingerprint density at radius 1 is 1.21 bits per heavy atom. The molecule has 0 aliphatic carbocycles. The predicted molar refractivity (Wildman–Crippen MR) is 75.4 cm³/mol. The highest BCUT2D eigenvalue weighted by Gasteiger charge is 2.20. The Morgan fingerprint density at radius 3 is 2.26 bits per heavy atom. The van der Waals surface area contributed by atoms with Crippen LogP contribution in [0.4, 0.5) is 0 Å². The van der Waals surface area contributed by atoms with Gasteiger partial charge in [-0.3, -0.25) is 0 Å². The molecule has 0 aromatic heterocycles. The maximum atomic E-state index is 12.2. The van der Waals surface area contributed by atoms with Gasteiger partial charge in [-0.15, -0.1) is 0 Å². The second kappa shape index (κ2) is 6.82. The van der Waals surface area contributed by atoms with E-state index in [0.717, 1.165) is 11.8 Å². The van der Waals surface area contributed by atoms with Crippen LogP contribution >= 0.6 is 0 Å². The summed E-state index contributed by atoms with van der Waals surface area (Å²) < 4.78 is 27.0. The van der Waals surface area contributed by atoms with Gasteiger partial charge in [0.05, 0.1) is 4.90 Å². The zero-order valence-electron chi connectivity index (χ0n) is 11.6. The standard InChI is InChI=1S/C14H21NO3S/c1-11(2)10-13(8-9-16)15-19(17,18)14-6-4-12(3)5-7-14/h4-7,9,11,13,15H,8,10H2,1-3H3/t13-/m1/s1. The Hall–Kier alpha value is -1.20. The van der Waals surface area contributed by atoms with Gasteiger partial charge in [-0.05, 0) is 31.4 Å². The van der Waals surface area contributed by atoms with Crippen LogP contribution in [0.5, 0.6) is 0 Å². The van der Waals surface area contributed by atoms with E-state index in [1.165, 1.54) is 0 Å². The first-order chi connectivity index (χ1) is 8.85. The van der Waals surface area contributed by atoms with E-state index >= 15 is 0 Å². The highest BCUT2D eigenvalue weighted by Crippen LogP contribution is 2.14. The molecule has 0 saturated heterocycles. The fourth-order valence-corrected chi connectivity index (χ4v) is 3.14. The molecule has 19 heavy (non-hydrogen) atoms. The molecule has 5 heteroatoms. The highest BCUT2D eigenvalue weighted by atomic mass is 32.2. The molecule has 4 nitrogen and oxygen atoms in total. The fraction of sp³-hybridized carbons (Fsp3) is 0.500. The van der Waals surface area contributed by atoms with E-state index in [1.807, 2.05) is 20.8 Å². The lowest BCUT2D eigenvalue weighted by Crippen LogP contribution is -2.36. The van der Waals surface area contributed by atoms with Crippen LogP contribution in [-0.2, 0) is 14.8 Å². The minimum Gasteiger partial charge on any atom is -0.303 e. The number of benzene rings is 1. The maximum absolute atomic E-state index is 12.2. The molecule has 1 rings (SSSR count). The number of aryl methyl sites for hydroxylation is 1. The minimum atomic E-state index is -3.55. The summed E-state index contributed by atoms with van der Waals surface area (Å²) in [6, 6.07) is 6.32. The summed E-state index contributed by atoms with van der Waals surface area (Å²) >= 11 is 0. The molecule has 0 saturated carbocycles. The van der Waals surface area contributed by atoms with Crippen molar-refractivity contribution in [2.45, 2.75) is 44.6 Å². The number of hydrogen-bond donors (Lipinski definition) is 1. The zero-order valence-corrected chi connectivity index (χ0v) is 12.4. The first kappa shape index (κ1) is 15.9. The minimum absolute atomic E-state index is 0.198. The van der Waals surface area contributed by atoms with Gasteiger partial charge < -0.3 is 4.79 Å². The van der Waals surface area contributed by atoms with Crippen LogP contribution in [0, 0.1) is 12.8 Å². The van der Waals surface area contributed by atoms with Gasteiger partial charge in [0.2, 0.25) is 10.0 Å². The predicted octanol–water partition coefficient (Wildman–Crippen LogP) is 2.28. The van der Waals surface area contributed by atoms with Crippen molar-refractivity contribution in [2.75, 3.05) is 0 Å². The van der Waals surface area contributed by atoms with Crippen LogP contribution in [0.1, 0.15) is 32.3 Å². The van der Waals surface area contributed by atoms with Crippen molar-refractivity contribution in [2.24, 2.45) is 5.92 Å². The number of carbonyl (C=O) groups is 1. The summed E-state index contributed by atoms with van der Waals surface area (Å²) in [5, 5.41) is 0. The van der Waals surface area contributed by atoms with Gasteiger partial charge in [0, 0.05) is 12.5 Å². The Morgan fingerprint density at radius 2 is 1.79 bits per heavy atom. The quantitative estimate of drug-likeness (QED) is 0.781. The molecule has 1 aromatic carbocycles. The first-order valence-electron chi connectivity index (χ1n) is 6.38. The molecule has 1 N–H and O–H groups in total. The van der Waals surface area contributed by atoms with E-state index in [2.05, 4.69) is 4.72 Å². The molecule has 0 aliphatic rings. The van der Waals surface area contributed by atoms with Crippen LogP contribution in [0.15, 0.2) is 29.2 Å². The lowest BCUT2D eigenvalue weighted by atomic mass is 10.0. The molecule has 0 aliphatic heterocycles. The van der Waals surface area contributed by atoms with Crippen molar-refractivity contribution >= 4 is 16.3 Å². The van der Waals surface area contributed by atoms with Crippen LogP contribution < -0.4 is 4.72 Å². The molecule has 0 amide bonds. The second-order valence-corrected chi connectivity index (χ2v) is 6.88. The molecule has 1 atom stereocenters. The third-order valence-electron chi connectivity index (χ3n) is 2.79. The summed E-state index contributed by atoms with van der Waals surface area (Å²) in [4.78, 5) is 10.9. The van der Waals surface area contributed by atoms with Gasteiger partial charge in [-0.1, -0.05) is 31.5 Å². The van der Waals surface area contributed by atoms with E-state index < -0.39 is 10.0 Å². The van der Waals surface area contributed by atoms with Gasteiger partial charge in [0.1, 0.15) is 6.29 Å². The molecular weight excluding hydrogens is 262 g/mol. The Bertz CT molecular complexity index is 506. The van der Waals surface area contributed by atoms with Crippen molar-refractivity contribution < 1.29 is 13.2 Å². The third kappa shape index (κ3) is 5.12. The Labute approximate surface area is 115 Å². The van der Waals surface area contributed by atoms with Crippen molar-refractivity contribution in [1.29, 1.82) is 0 Å². The summed E-state index contributed by atoms with van der Waals surface area (Å²) in [5.74, 6) is 0.325. The largest absolute Gasteiger partial charge is 0.303 e. The summed E-state index contributed by atoms with van der Waals surface area (Å²) in [5.41, 5.74) is 1.01. The summed E-state index contributed by atoms with van der Waals surface area (Å²) in [7, 11) is -3.55. The fourth-order valence-electron chi connectivity index (χ4n) is 1.88. The van der Waals surface area contributed by atoms with Gasteiger partial charge in [-0.2, -0.15) is 0 Å². The zero-order chi connectivity index (χ0) is 14.5. The number of hydrogen-bond acceptors (Lipinski definition) is 3. The molecule has 106 valence electrons. The monoisotopic (exact) mass is 283 g/mol. The number of rotatable bonds is 7. The third-order valence-corrected chi connectivity index (χ3v) is 4.33. The maximum Gasteiger partial charge on any atom is 0.240 e. The van der Waals surface area contributed by atoms with Crippen molar-refractivity contribution in [3.63, 3.8) is 0 Å². The van der Waals surface area contributed by atoms with Crippen molar-refractivity contribution in [1.82, 2.24) is 4.72 Å². The van der Waals surface area contributed by atoms with E-state index in [9.17, 15) is 13.2 Å². The molecule has 0 spiro atoms. The van der Waals surface area contributed by atoms with Crippen molar-refractivity contribution in [3.8, 4) is 0 Å². The van der Waals surface area contributed by atoms with Gasteiger partial charge in [0.15, 0.2) is 0 Å². The number of carbonyl (C=O) groups excluding carboxylic acids is 1. The Kier molecular flexibility index (Phi) is 5.69. The molecular formula is C14H21NO3S. The summed E-state index contributed by atoms with van der Waals surface area (Å²) in [6.07, 6.45) is 1.60. The normalized spacial score (nSPS) is 13.5. The molecule has 0 fully saturated rings. The SMILES string of the molecule is Cc1ccc(S(=O)(=O)N[C@H](CC=O)CC(C)C)cc1.